The highest BCUT2D eigenvalue weighted by Crippen LogP contribution is 2.23. The summed E-state index contributed by atoms with van der Waals surface area (Å²) in [6, 6.07) is 5.25. The number of fused-ring (bicyclic) bond motifs is 1. The van der Waals surface area contributed by atoms with Crippen LogP contribution in [0.4, 0.5) is 5.69 Å². The zero-order valence-corrected chi connectivity index (χ0v) is 11.3. The lowest BCUT2D eigenvalue weighted by Gasteiger charge is -2.06. The first-order valence-electron chi connectivity index (χ1n) is 6.77. The summed E-state index contributed by atoms with van der Waals surface area (Å²) in [4.78, 5) is 27.3. The third-order valence-electron chi connectivity index (χ3n) is 3.33. The van der Waals surface area contributed by atoms with E-state index in [2.05, 4.69) is 25.8 Å². The van der Waals surface area contributed by atoms with Crippen molar-refractivity contribution in [3.8, 4) is 0 Å². The summed E-state index contributed by atoms with van der Waals surface area (Å²) in [7, 11) is 0. The largest absolute Gasteiger partial charge is 0.352 e. The molecule has 0 atom stereocenters. The number of hydrogen-bond acceptors (Lipinski definition) is 4. The molecule has 3 rings (SSSR count). The Morgan fingerprint density at radius 3 is 3.10 bits per heavy atom. The Labute approximate surface area is 121 Å². The number of anilines is 1. The molecule has 2 aromatic rings. The van der Waals surface area contributed by atoms with E-state index in [-0.39, 0.29) is 11.8 Å². The maximum atomic E-state index is 12.0. The number of benzene rings is 1. The van der Waals surface area contributed by atoms with Crippen LogP contribution in [-0.4, -0.2) is 33.5 Å². The van der Waals surface area contributed by atoms with Gasteiger partial charge in [0.2, 0.25) is 5.91 Å². The number of aromatic nitrogens is 3. The molecular weight excluding hydrogens is 270 g/mol. The van der Waals surface area contributed by atoms with E-state index in [4.69, 9.17) is 0 Å². The molecular formula is C14H15N5O2. The number of carbonyl (C=O) groups is 2. The molecule has 0 saturated heterocycles. The highest BCUT2D eigenvalue weighted by atomic mass is 16.2. The third kappa shape index (κ3) is 3.07. The molecule has 0 spiro atoms. The van der Waals surface area contributed by atoms with Gasteiger partial charge >= 0.3 is 0 Å². The summed E-state index contributed by atoms with van der Waals surface area (Å²) < 4.78 is 0. The number of hydrogen-bond donors (Lipinski definition) is 3. The van der Waals surface area contributed by atoms with Crippen LogP contribution in [0.1, 0.15) is 28.2 Å². The zero-order valence-electron chi connectivity index (χ0n) is 11.3. The Hall–Kier alpha value is -2.70. The smallest absolute Gasteiger partial charge is 0.251 e. The van der Waals surface area contributed by atoms with Gasteiger partial charge in [-0.15, -0.1) is 0 Å². The number of rotatable bonds is 5. The normalized spacial score (nSPS) is 12.9. The van der Waals surface area contributed by atoms with E-state index < -0.39 is 0 Å². The SMILES string of the molecule is O=C1Cc2cc(C(=O)NCCCc3ncn[nH]3)ccc2N1. The standard InChI is InChI=1S/C14H15N5O2/c20-13-7-10-6-9(3-4-11(10)18-13)14(21)15-5-1-2-12-16-8-17-19-12/h3-4,6,8H,1-2,5,7H2,(H,15,21)(H,18,20)(H,16,17,19). The Morgan fingerprint density at radius 1 is 1.38 bits per heavy atom. The van der Waals surface area contributed by atoms with Gasteiger partial charge in [-0.1, -0.05) is 0 Å². The van der Waals surface area contributed by atoms with E-state index in [1.807, 2.05) is 0 Å². The van der Waals surface area contributed by atoms with Gasteiger partial charge in [-0.05, 0) is 30.2 Å². The average molecular weight is 285 g/mol. The summed E-state index contributed by atoms with van der Waals surface area (Å²) in [6.45, 7) is 0.563. The lowest BCUT2D eigenvalue weighted by molar-refractivity contribution is -0.115. The van der Waals surface area contributed by atoms with Gasteiger partial charge in [0.25, 0.3) is 5.91 Å². The van der Waals surface area contributed by atoms with Crippen molar-refractivity contribution in [2.24, 2.45) is 0 Å². The first-order chi connectivity index (χ1) is 10.2. The van der Waals surface area contributed by atoms with E-state index in [0.717, 1.165) is 29.9 Å². The van der Waals surface area contributed by atoms with E-state index in [1.165, 1.54) is 6.33 Å². The number of nitrogens with zero attached hydrogens (tertiary/aromatic N) is 2. The highest BCUT2D eigenvalue weighted by Gasteiger charge is 2.18. The predicted octanol–water partition coefficient (Wildman–Crippen LogP) is 0.662. The lowest BCUT2D eigenvalue weighted by Crippen LogP contribution is -2.24. The molecule has 0 bridgehead atoms. The van der Waals surface area contributed by atoms with Crippen LogP contribution in [0.15, 0.2) is 24.5 Å². The van der Waals surface area contributed by atoms with Crippen LogP contribution < -0.4 is 10.6 Å². The molecule has 7 nitrogen and oxygen atoms in total. The molecule has 7 heteroatoms. The molecule has 21 heavy (non-hydrogen) atoms. The van der Waals surface area contributed by atoms with Crippen molar-refractivity contribution >= 4 is 17.5 Å². The van der Waals surface area contributed by atoms with Crippen LogP contribution in [0.2, 0.25) is 0 Å². The van der Waals surface area contributed by atoms with Crippen molar-refractivity contribution in [1.29, 1.82) is 0 Å². The lowest BCUT2D eigenvalue weighted by atomic mass is 10.1. The predicted molar refractivity (Wildman–Crippen MR) is 75.8 cm³/mol. The second-order valence-corrected chi connectivity index (χ2v) is 4.89. The summed E-state index contributed by atoms with van der Waals surface area (Å²) in [5.74, 6) is 0.649. The molecule has 2 amide bonds. The Bertz CT molecular complexity index is 666. The molecule has 0 fully saturated rings. The van der Waals surface area contributed by atoms with Gasteiger partial charge in [-0.25, -0.2) is 4.98 Å². The molecule has 1 aliphatic rings. The summed E-state index contributed by atoms with van der Waals surface area (Å²) >= 11 is 0. The summed E-state index contributed by atoms with van der Waals surface area (Å²) in [6.07, 6.45) is 3.32. The van der Waals surface area contributed by atoms with Crippen molar-refractivity contribution in [3.05, 3.63) is 41.5 Å². The van der Waals surface area contributed by atoms with Crippen molar-refractivity contribution in [3.63, 3.8) is 0 Å². The maximum Gasteiger partial charge on any atom is 0.251 e. The fourth-order valence-electron chi connectivity index (χ4n) is 2.28. The minimum atomic E-state index is -0.130. The van der Waals surface area contributed by atoms with Gasteiger partial charge < -0.3 is 10.6 Å². The number of nitrogens with one attached hydrogen (secondary N) is 3. The molecule has 0 radical (unpaired) electrons. The van der Waals surface area contributed by atoms with Crippen molar-refractivity contribution in [1.82, 2.24) is 20.5 Å². The molecule has 3 N–H and O–H groups in total. The number of H-pyrrole nitrogens is 1. The number of carbonyl (C=O) groups excluding carboxylic acids is 2. The number of aromatic amines is 1. The highest BCUT2D eigenvalue weighted by molar-refractivity contribution is 6.01. The Morgan fingerprint density at radius 2 is 2.29 bits per heavy atom. The molecule has 2 heterocycles. The van der Waals surface area contributed by atoms with Crippen LogP contribution >= 0.6 is 0 Å². The van der Waals surface area contributed by atoms with E-state index in [9.17, 15) is 9.59 Å². The molecule has 1 aliphatic heterocycles. The van der Waals surface area contributed by atoms with Gasteiger partial charge in [0.1, 0.15) is 12.2 Å². The van der Waals surface area contributed by atoms with Crippen LogP contribution in [0.5, 0.6) is 0 Å². The monoisotopic (exact) mass is 285 g/mol. The van der Waals surface area contributed by atoms with E-state index in [0.29, 0.717) is 18.5 Å². The Kier molecular flexibility index (Phi) is 3.63. The molecule has 1 aromatic heterocycles. The second kappa shape index (κ2) is 5.74. The van der Waals surface area contributed by atoms with Crippen LogP contribution in [0.3, 0.4) is 0 Å². The van der Waals surface area contributed by atoms with Gasteiger partial charge in [0.05, 0.1) is 6.42 Å². The van der Waals surface area contributed by atoms with Crippen molar-refractivity contribution in [2.45, 2.75) is 19.3 Å². The van der Waals surface area contributed by atoms with E-state index >= 15 is 0 Å². The van der Waals surface area contributed by atoms with Gasteiger partial charge in [-0.3, -0.25) is 14.7 Å². The van der Waals surface area contributed by atoms with Gasteiger partial charge in [0, 0.05) is 24.2 Å². The molecule has 0 saturated carbocycles. The summed E-state index contributed by atoms with van der Waals surface area (Å²) in [5, 5.41) is 12.1. The van der Waals surface area contributed by atoms with Gasteiger partial charge in [0.15, 0.2) is 0 Å². The molecule has 0 aliphatic carbocycles. The minimum Gasteiger partial charge on any atom is -0.352 e. The molecule has 108 valence electrons. The molecule has 1 aromatic carbocycles. The minimum absolute atomic E-state index is 0.0328. The average Bonchev–Trinajstić information content (AvgIpc) is 3.10. The van der Waals surface area contributed by atoms with Crippen molar-refractivity contribution < 1.29 is 9.59 Å². The fraction of sp³-hybridized carbons (Fsp3) is 0.286. The first-order valence-corrected chi connectivity index (χ1v) is 6.77. The first kappa shape index (κ1) is 13.3. The topological polar surface area (TPSA) is 99.8 Å². The number of aryl methyl sites for hydroxylation is 1. The zero-order chi connectivity index (χ0) is 14.7. The maximum absolute atomic E-state index is 12.0. The van der Waals surface area contributed by atoms with Gasteiger partial charge in [-0.2, -0.15) is 5.10 Å². The fourth-order valence-corrected chi connectivity index (χ4v) is 2.28. The second-order valence-electron chi connectivity index (χ2n) is 4.89. The van der Waals surface area contributed by atoms with Crippen LogP contribution in [0.25, 0.3) is 0 Å². The quantitative estimate of drug-likeness (QED) is 0.703. The molecule has 0 unspecified atom stereocenters. The van der Waals surface area contributed by atoms with Crippen molar-refractivity contribution in [2.75, 3.05) is 11.9 Å². The third-order valence-corrected chi connectivity index (χ3v) is 3.33. The van der Waals surface area contributed by atoms with Crippen LogP contribution in [0, 0.1) is 0 Å². The van der Waals surface area contributed by atoms with Crippen LogP contribution in [-0.2, 0) is 17.6 Å². The number of amides is 2. The summed E-state index contributed by atoms with van der Waals surface area (Å²) in [5.41, 5.74) is 2.24. The van der Waals surface area contributed by atoms with E-state index in [1.54, 1.807) is 18.2 Å². The Balaban J connectivity index is 1.51.